The first-order valence-corrected chi connectivity index (χ1v) is 10.2. The second kappa shape index (κ2) is 10.1. The summed E-state index contributed by atoms with van der Waals surface area (Å²) in [5.74, 6) is 0.197. The number of likely N-dealkylation sites (N-methyl/N-ethyl adjacent to an activating group) is 1. The predicted octanol–water partition coefficient (Wildman–Crippen LogP) is 2.58. The van der Waals surface area contributed by atoms with Crippen LogP contribution in [0.5, 0.6) is 0 Å². The number of aromatic nitrogens is 1. The maximum absolute atomic E-state index is 14.1. The summed E-state index contributed by atoms with van der Waals surface area (Å²) in [6.45, 7) is 0.292. The summed E-state index contributed by atoms with van der Waals surface area (Å²) in [4.78, 5) is 28.7. The summed E-state index contributed by atoms with van der Waals surface area (Å²) in [7, 11) is 1.79. The number of aldehydes is 2. The molecule has 2 heterocycles. The lowest BCUT2D eigenvalue weighted by atomic mass is 10.1. The van der Waals surface area contributed by atoms with Crippen LogP contribution in [0.15, 0.2) is 42.7 Å². The van der Waals surface area contributed by atoms with Gasteiger partial charge in [0.25, 0.3) is 0 Å². The number of aliphatic hydroxyl groups is 1. The Morgan fingerprint density at radius 1 is 1.35 bits per heavy atom. The van der Waals surface area contributed by atoms with E-state index < -0.39 is 18.2 Å². The highest BCUT2D eigenvalue weighted by atomic mass is 19.1. The summed E-state index contributed by atoms with van der Waals surface area (Å²) in [6, 6.07) is 7.99. The Hall–Kier alpha value is -3.31. The van der Waals surface area contributed by atoms with Crippen LogP contribution in [-0.2, 0) is 9.59 Å². The van der Waals surface area contributed by atoms with Crippen molar-refractivity contribution < 1.29 is 19.1 Å². The molecule has 31 heavy (non-hydrogen) atoms. The molecule has 1 aromatic carbocycles. The van der Waals surface area contributed by atoms with E-state index in [1.807, 2.05) is 24.4 Å². The third-order valence-corrected chi connectivity index (χ3v) is 5.59. The SMILES string of the molecule is CN(c1ccc(C2CC2)c(F)c1)C(C=O)c1cccnc1.N#CN1CC(O)CC1C=O. The minimum Gasteiger partial charge on any atom is -0.391 e. The number of pyridine rings is 1. The second-order valence-electron chi connectivity index (χ2n) is 7.80. The molecule has 8 heteroatoms. The van der Waals surface area contributed by atoms with Gasteiger partial charge in [-0.15, -0.1) is 0 Å². The fourth-order valence-electron chi connectivity index (χ4n) is 3.65. The van der Waals surface area contributed by atoms with Crippen molar-refractivity contribution in [3.05, 3.63) is 59.7 Å². The van der Waals surface area contributed by atoms with Gasteiger partial charge in [-0.3, -0.25) is 9.88 Å². The van der Waals surface area contributed by atoms with Crippen LogP contribution in [-0.4, -0.2) is 53.3 Å². The Labute approximate surface area is 180 Å². The summed E-state index contributed by atoms with van der Waals surface area (Å²) < 4.78 is 14.1. The smallest absolute Gasteiger partial charge is 0.180 e. The number of hydrogen-bond acceptors (Lipinski definition) is 7. The van der Waals surface area contributed by atoms with Crippen LogP contribution in [0.1, 0.15) is 42.3 Å². The van der Waals surface area contributed by atoms with Gasteiger partial charge in [0.2, 0.25) is 0 Å². The number of likely N-dealkylation sites (tertiary alicyclic amines) is 1. The number of halogens is 1. The minimum absolute atomic E-state index is 0.183. The molecular formula is C23H25FN4O3. The van der Waals surface area contributed by atoms with Gasteiger partial charge in [0.05, 0.1) is 18.7 Å². The van der Waals surface area contributed by atoms with Gasteiger partial charge >= 0.3 is 0 Å². The standard InChI is InChI=1S/C17H17FN2O.C6H8N2O2/c1-20(17(11-21)13-3-2-8-19-10-13)14-6-7-15(12-4-5-12)16(18)9-14;7-4-8-2-6(10)1-5(8)3-9/h2-3,6-12,17H,4-5H2,1H3;3,5-6,10H,1-2H2. The van der Waals surface area contributed by atoms with Gasteiger partial charge in [-0.05, 0) is 48.1 Å². The van der Waals surface area contributed by atoms with Crippen LogP contribution in [0, 0.1) is 17.3 Å². The van der Waals surface area contributed by atoms with Gasteiger partial charge in [0, 0.05) is 31.5 Å². The first kappa shape index (κ1) is 22.4. The second-order valence-corrected chi connectivity index (χ2v) is 7.80. The van der Waals surface area contributed by atoms with Gasteiger partial charge in [0.1, 0.15) is 24.4 Å². The molecule has 4 rings (SSSR count). The molecule has 2 aliphatic rings. The number of carbonyl (C=O) groups is 2. The molecule has 1 saturated heterocycles. The van der Waals surface area contributed by atoms with Gasteiger partial charge in [-0.25, -0.2) is 4.39 Å². The fourth-order valence-corrected chi connectivity index (χ4v) is 3.65. The zero-order valence-corrected chi connectivity index (χ0v) is 17.3. The molecule has 7 nitrogen and oxygen atoms in total. The molecule has 1 aliphatic carbocycles. The van der Waals surface area contributed by atoms with E-state index in [0.717, 1.165) is 30.3 Å². The van der Waals surface area contributed by atoms with E-state index in [-0.39, 0.29) is 5.82 Å². The van der Waals surface area contributed by atoms with Crippen molar-refractivity contribution in [2.24, 2.45) is 0 Å². The molecule has 0 amide bonds. The topological polar surface area (TPSA) is 97.5 Å². The summed E-state index contributed by atoms with van der Waals surface area (Å²) in [5.41, 5.74) is 2.27. The van der Waals surface area contributed by atoms with Crippen molar-refractivity contribution >= 4 is 18.3 Å². The molecule has 0 radical (unpaired) electrons. The zero-order chi connectivity index (χ0) is 22.4. The Balaban J connectivity index is 0.000000229. The Morgan fingerprint density at radius 3 is 2.65 bits per heavy atom. The number of carbonyl (C=O) groups excluding carboxylic acids is 2. The first-order chi connectivity index (χ1) is 15.0. The van der Waals surface area contributed by atoms with Crippen LogP contribution in [0.4, 0.5) is 10.1 Å². The first-order valence-electron chi connectivity index (χ1n) is 10.2. The van der Waals surface area contributed by atoms with Gasteiger partial charge in [-0.2, -0.15) is 5.26 Å². The van der Waals surface area contributed by atoms with E-state index in [0.29, 0.717) is 30.9 Å². The number of β-amino-alcohol motifs (C(OH)–C–C–N with tert-alkyl or cyclic N) is 1. The highest BCUT2D eigenvalue weighted by Crippen LogP contribution is 2.42. The van der Waals surface area contributed by atoms with E-state index in [1.54, 1.807) is 30.4 Å². The van der Waals surface area contributed by atoms with Crippen molar-refractivity contribution in [3.8, 4) is 6.19 Å². The number of rotatable bonds is 6. The lowest BCUT2D eigenvalue weighted by molar-refractivity contribution is -0.111. The molecule has 1 saturated carbocycles. The summed E-state index contributed by atoms with van der Waals surface area (Å²) in [6.07, 6.45) is 8.71. The molecule has 2 fully saturated rings. The normalized spacial score (nSPS) is 20.8. The highest BCUT2D eigenvalue weighted by molar-refractivity contribution is 5.68. The lowest BCUT2D eigenvalue weighted by Crippen LogP contribution is -2.25. The van der Waals surface area contributed by atoms with E-state index in [2.05, 4.69) is 4.98 Å². The number of nitriles is 1. The maximum atomic E-state index is 14.1. The molecule has 1 aromatic heterocycles. The van der Waals surface area contributed by atoms with Crippen molar-refractivity contribution in [2.75, 3.05) is 18.5 Å². The van der Waals surface area contributed by atoms with Crippen LogP contribution >= 0.6 is 0 Å². The van der Waals surface area contributed by atoms with Crippen LogP contribution in [0.25, 0.3) is 0 Å². The third kappa shape index (κ3) is 5.44. The van der Waals surface area contributed by atoms with Crippen LogP contribution in [0.2, 0.25) is 0 Å². The number of benzene rings is 1. The average molecular weight is 424 g/mol. The molecular weight excluding hydrogens is 399 g/mol. The molecule has 3 atom stereocenters. The number of nitrogens with zero attached hydrogens (tertiary/aromatic N) is 4. The van der Waals surface area contributed by atoms with Crippen molar-refractivity contribution in [2.45, 2.75) is 43.4 Å². The zero-order valence-electron chi connectivity index (χ0n) is 17.3. The van der Waals surface area contributed by atoms with Crippen LogP contribution < -0.4 is 4.90 Å². The van der Waals surface area contributed by atoms with E-state index in [9.17, 15) is 14.0 Å². The average Bonchev–Trinajstić information content (AvgIpc) is 3.56. The van der Waals surface area contributed by atoms with E-state index in [1.165, 1.54) is 11.0 Å². The van der Waals surface area contributed by atoms with Gasteiger partial charge < -0.3 is 19.6 Å². The molecule has 0 spiro atoms. The number of hydrogen-bond donors (Lipinski definition) is 1. The van der Waals surface area contributed by atoms with Crippen LogP contribution in [0.3, 0.4) is 0 Å². The van der Waals surface area contributed by atoms with Gasteiger partial charge in [0.15, 0.2) is 6.19 Å². The molecule has 2 aromatic rings. The Bertz CT molecular complexity index is 946. The van der Waals surface area contributed by atoms with E-state index >= 15 is 0 Å². The molecule has 1 N–H and O–H groups in total. The van der Waals surface area contributed by atoms with Crippen molar-refractivity contribution in [3.63, 3.8) is 0 Å². The van der Waals surface area contributed by atoms with Crippen molar-refractivity contribution in [1.29, 1.82) is 5.26 Å². The Morgan fingerprint density at radius 2 is 2.13 bits per heavy atom. The molecule has 162 valence electrons. The monoisotopic (exact) mass is 424 g/mol. The third-order valence-electron chi connectivity index (χ3n) is 5.59. The molecule has 0 bridgehead atoms. The molecule has 1 aliphatic heterocycles. The minimum atomic E-state index is -0.519. The maximum Gasteiger partial charge on any atom is 0.180 e. The molecule has 3 unspecified atom stereocenters. The van der Waals surface area contributed by atoms with Crippen molar-refractivity contribution in [1.82, 2.24) is 9.88 Å². The highest BCUT2D eigenvalue weighted by Gasteiger charge is 2.29. The lowest BCUT2D eigenvalue weighted by Gasteiger charge is -2.26. The quantitative estimate of drug-likeness (QED) is 0.562. The predicted molar refractivity (Wildman–Crippen MR) is 113 cm³/mol. The van der Waals surface area contributed by atoms with E-state index in [4.69, 9.17) is 10.4 Å². The number of anilines is 1. The number of aliphatic hydroxyl groups excluding tert-OH is 1. The fraction of sp³-hybridized carbons (Fsp3) is 0.391. The van der Waals surface area contributed by atoms with Gasteiger partial charge in [-0.1, -0.05) is 12.1 Å². The summed E-state index contributed by atoms with van der Waals surface area (Å²) >= 11 is 0. The Kier molecular flexibility index (Phi) is 7.32. The largest absolute Gasteiger partial charge is 0.391 e. The summed E-state index contributed by atoms with van der Waals surface area (Å²) in [5, 5.41) is 17.4.